The lowest BCUT2D eigenvalue weighted by Gasteiger charge is -2.37. The maximum atomic E-state index is 11.4. The Hall–Kier alpha value is -0.220. The first-order valence-corrected chi connectivity index (χ1v) is 5.54. The highest BCUT2D eigenvalue weighted by atomic mass is 32.1. The Kier molecular flexibility index (Phi) is 3.84. The number of carbonyl (C=O) groups is 1. The summed E-state index contributed by atoms with van der Waals surface area (Å²) in [4.78, 5) is 13.6. The molecule has 4 heteroatoms. The van der Waals surface area contributed by atoms with E-state index in [-0.39, 0.29) is 16.8 Å². The molecule has 0 aromatic rings. The summed E-state index contributed by atoms with van der Waals surface area (Å²) in [6, 6.07) is 0. The minimum absolute atomic E-state index is 0.208. The van der Waals surface area contributed by atoms with Gasteiger partial charge in [-0.2, -0.15) is 12.6 Å². The van der Waals surface area contributed by atoms with Crippen LogP contribution in [-0.4, -0.2) is 41.9 Å². The molecular formula is C10H19NO2S. The summed E-state index contributed by atoms with van der Waals surface area (Å²) in [6.45, 7) is 5.73. The van der Waals surface area contributed by atoms with E-state index in [2.05, 4.69) is 24.6 Å². The van der Waals surface area contributed by atoms with Crippen LogP contribution in [0, 0.1) is 0 Å². The summed E-state index contributed by atoms with van der Waals surface area (Å²) < 4.78 is 5.45. The SMILES string of the molecule is CC(S)C(=O)OC1(C)CCN(C)CC1. The van der Waals surface area contributed by atoms with Crippen molar-refractivity contribution in [3.63, 3.8) is 0 Å². The van der Waals surface area contributed by atoms with Gasteiger partial charge < -0.3 is 9.64 Å². The van der Waals surface area contributed by atoms with Crippen LogP contribution < -0.4 is 0 Å². The second-order valence-electron chi connectivity index (χ2n) is 4.35. The number of piperidine rings is 1. The van der Waals surface area contributed by atoms with E-state index in [1.54, 1.807) is 6.92 Å². The van der Waals surface area contributed by atoms with Gasteiger partial charge in [-0.1, -0.05) is 0 Å². The Morgan fingerprint density at radius 1 is 1.50 bits per heavy atom. The number of esters is 1. The Morgan fingerprint density at radius 2 is 2.00 bits per heavy atom. The van der Waals surface area contributed by atoms with Crippen LogP contribution in [0.5, 0.6) is 0 Å². The molecule has 1 atom stereocenters. The molecule has 1 heterocycles. The molecule has 0 aliphatic carbocycles. The van der Waals surface area contributed by atoms with Crippen molar-refractivity contribution >= 4 is 18.6 Å². The van der Waals surface area contributed by atoms with Crippen molar-refractivity contribution in [3.8, 4) is 0 Å². The lowest BCUT2D eigenvalue weighted by molar-refractivity contribution is -0.161. The average molecular weight is 217 g/mol. The fourth-order valence-corrected chi connectivity index (χ4v) is 1.57. The number of rotatable bonds is 2. The first-order valence-electron chi connectivity index (χ1n) is 5.02. The molecule has 1 fully saturated rings. The van der Waals surface area contributed by atoms with Gasteiger partial charge >= 0.3 is 5.97 Å². The third kappa shape index (κ3) is 3.17. The van der Waals surface area contributed by atoms with Gasteiger partial charge in [-0.3, -0.25) is 4.79 Å². The first-order chi connectivity index (χ1) is 6.43. The molecule has 0 aromatic carbocycles. The highest BCUT2D eigenvalue weighted by Crippen LogP contribution is 2.25. The van der Waals surface area contributed by atoms with E-state index in [9.17, 15) is 4.79 Å². The van der Waals surface area contributed by atoms with Crippen molar-refractivity contribution in [2.45, 2.75) is 37.5 Å². The second-order valence-corrected chi connectivity index (χ2v) is 5.12. The number of carbonyl (C=O) groups excluding carboxylic acids is 1. The maximum Gasteiger partial charge on any atom is 0.319 e. The smallest absolute Gasteiger partial charge is 0.319 e. The van der Waals surface area contributed by atoms with Crippen LogP contribution in [-0.2, 0) is 9.53 Å². The molecule has 0 bridgehead atoms. The first kappa shape index (κ1) is 11.9. The van der Waals surface area contributed by atoms with Gasteiger partial charge in [-0.15, -0.1) is 0 Å². The third-order valence-electron chi connectivity index (χ3n) is 2.73. The topological polar surface area (TPSA) is 29.5 Å². The van der Waals surface area contributed by atoms with E-state index in [0.29, 0.717) is 0 Å². The summed E-state index contributed by atoms with van der Waals surface area (Å²) in [7, 11) is 2.09. The lowest BCUT2D eigenvalue weighted by Crippen LogP contribution is -2.44. The molecule has 0 saturated carbocycles. The quantitative estimate of drug-likeness (QED) is 0.559. The van der Waals surface area contributed by atoms with E-state index in [4.69, 9.17) is 4.74 Å². The summed E-state index contributed by atoms with van der Waals surface area (Å²) >= 11 is 4.06. The van der Waals surface area contributed by atoms with E-state index < -0.39 is 0 Å². The number of hydrogen-bond donors (Lipinski definition) is 1. The van der Waals surface area contributed by atoms with Gasteiger partial charge in [0.2, 0.25) is 0 Å². The highest BCUT2D eigenvalue weighted by molar-refractivity contribution is 7.81. The van der Waals surface area contributed by atoms with E-state index in [1.807, 2.05) is 6.92 Å². The third-order valence-corrected chi connectivity index (χ3v) is 2.94. The lowest BCUT2D eigenvalue weighted by atomic mass is 9.93. The Morgan fingerprint density at radius 3 is 2.43 bits per heavy atom. The van der Waals surface area contributed by atoms with Crippen molar-refractivity contribution in [1.82, 2.24) is 4.90 Å². The molecule has 1 aliphatic heterocycles. The van der Waals surface area contributed by atoms with Crippen LogP contribution in [0.15, 0.2) is 0 Å². The molecule has 0 amide bonds. The maximum absolute atomic E-state index is 11.4. The zero-order chi connectivity index (χ0) is 10.8. The molecule has 14 heavy (non-hydrogen) atoms. The normalized spacial score (nSPS) is 24.3. The van der Waals surface area contributed by atoms with Crippen LogP contribution in [0.2, 0.25) is 0 Å². The van der Waals surface area contributed by atoms with Crippen LogP contribution in [0.3, 0.4) is 0 Å². The molecule has 3 nitrogen and oxygen atoms in total. The molecule has 0 aromatic heterocycles. The molecule has 1 aliphatic rings. The predicted molar refractivity (Wildman–Crippen MR) is 59.7 cm³/mol. The molecule has 0 spiro atoms. The van der Waals surface area contributed by atoms with E-state index in [1.165, 1.54) is 0 Å². The van der Waals surface area contributed by atoms with Gasteiger partial charge in [0.05, 0.1) is 5.25 Å². The van der Waals surface area contributed by atoms with Crippen LogP contribution in [0.25, 0.3) is 0 Å². The van der Waals surface area contributed by atoms with E-state index in [0.717, 1.165) is 25.9 Å². The largest absolute Gasteiger partial charge is 0.458 e. The van der Waals surface area contributed by atoms with Gasteiger partial charge in [0.25, 0.3) is 0 Å². The molecular weight excluding hydrogens is 198 g/mol. The van der Waals surface area contributed by atoms with Crippen LogP contribution >= 0.6 is 12.6 Å². The Balaban J connectivity index is 2.46. The van der Waals surface area contributed by atoms with Gasteiger partial charge in [0.1, 0.15) is 5.60 Å². The summed E-state index contributed by atoms with van der Waals surface area (Å²) in [5.41, 5.74) is -0.277. The van der Waals surface area contributed by atoms with Gasteiger partial charge in [0, 0.05) is 13.1 Å². The molecule has 1 saturated heterocycles. The van der Waals surface area contributed by atoms with Gasteiger partial charge in [0.15, 0.2) is 0 Å². The number of thiol groups is 1. The zero-order valence-electron chi connectivity index (χ0n) is 9.12. The van der Waals surface area contributed by atoms with Crippen molar-refractivity contribution in [3.05, 3.63) is 0 Å². The second kappa shape index (κ2) is 4.53. The molecule has 0 radical (unpaired) electrons. The minimum Gasteiger partial charge on any atom is -0.458 e. The minimum atomic E-state index is -0.327. The van der Waals surface area contributed by atoms with Crippen LogP contribution in [0.1, 0.15) is 26.7 Å². The van der Waals surface area contributed by atoms with Crippen molar-refractivity contribution in [1.29, 1.82) is 0 Å². The van der Waals surface area contributed by atoms with Crippen molar-refractivity contribution < 1.29 is 9.53 Å². The Labute approximate surface area is 91.2 Å². The number of nitrogens with zero attached hydrogens (tertiary/aromatic N) is 1. The van der Waals surface area contributed by atoms with Crippen LogP contribution in [0.4, 0.5) is 0 Å². The number of hydrogen-bond acceptors (Lipinski definition) is 4. The number of likely N-dealkylation sites (tertiary alicyclic amines) is 1. The fourth-order valence-electron chi connectivity index (χ4n) is 1.52. The zero-order valence-corrected chi connectivity index (χ0v) is 10.0. The Bertz CT molecular complexity index is 210. The van der Waals surface area contributed by atoms with Crippen molar-refractivity contribution in [2.75, 3.05) is 20.1 Å². The van der Waals surface area contributed by atoms with Crippen molar-refractivity contribution in [2.24, 2.45) is 0 Å². The molecule has 1 rings (SSSR count). The summed E-state index contributed by atoms with van der Waals surface area (Å²) in [5, 5.41) is -0.327. The van der Waals surface area contributed by atoms with Gasteiger partial charge in [-0.05, 0) is 33.7 Å². The summed E-state index contributed by atoms with van der Waals surface area (Å²) in [6.07, 6.45) is 1.82. The molecule has 82 valence electrons. The average Bonchev–Trinajstić information content (AvgIpc) is 2.10. The van der Waals surface area contributed by atoms with E-state index >= 15 is 0 Å². The van der Waals surface area contributed by atoms with Gasteiger partial charge in [-0.25, -0.2) is 0 Å². The fraction of sp³-hybridized carbons (Fsp3) is 0.900. The molecule has 0 N–H and O–H groups in total. The monoisotopic (exact) mass is 217 g/mol. The number of ether oxygens (including phenoxy) is 1. The predicted octanol–water partition coefficient (Wildman–Crippen LogP) is 1.33. The summed E-state index contributed by atoms with van der Waals surface area (Å²) in [5.74, 6) is -0.208. The standard InChI is InChI=1S/C10H19NO2S/c1-8(14)9(12)13-10(2)4-6-11(3)7-5-10/h8,14H,4-7H2,1-3H3. The molecule has 1 unspecified atom stereocenters. The highest BCUT2D eigenvalue weighted by Gasteiger charge is 2.33.